The lowest BCUT2D eigenvalue weighted by Gasteiger charge is -2.27. The number of ether oxygens (including phenoxy) is 2. The summed E-state index contributed by atoms with van der Waals surface area (Å²) in [6, 6.07) is 15.3. The van der Waals surface area contributed by atoms with Crippen molar-refractivity contribution in [3.63, 3.8) is 0 Å². The van der Waals surface area contributed by atoms with Crippen molar-refractivity contribution in [1.82, 2.24) is 9.97 Å². The average molecular weight is 531 g/mol. The molecule has 11 heteroatoms. The third kappa shape index (κ3) is 4.28. The highest BCUT2D eigenvalue weighted by atomic mass is 32.2. The van der Waals surface area contributed by atoms with Crippen molar-refractivity contribution in [1.29, 1.82) is 0 Å². The number of thiazole rings is 2. The molecule has 2 aromatic heterocycles. The van der Waals surface area contributed by atoms with Gasteiger partial charge in [0.15, 0.2) is 8.68 Å². The van der Waals surface area contributed by atoms with Gasteiger partial charge < -0.3 is 14.6 Å². The highest BCUT2D eigenvalue weighted by molar-refractivity contribution is 8.05. The minimum atomic E-state index is -1.81. The minimum Gasteiger partial charge on any atom is -0.501 e. The molecule has 0 radical (unpaired) electrons. The first-order valence-corrected chi connectivity index (χ1v) is 13.7. The Balaban J connectivity index is 1.51. The summed E-state index contributed by atoms with van der Waals surface area (Å²) in [5.41, 5.74) is -0.171. The van der Waals surface area contributed by atoms with E-state index < -0.39 is 29.4 Å². The normalized spacial score (nSPS) is 18.3. The van der Waals surface area contributed by atoms with Gasteiger partial charge in [0.1, 0.15) is 0 Å². The molecule has 5 rings (SSSR count). The van der Waals surface area contributed by atoms with Gasteiger partial charge in [0.05, 0.1) is 37.2 Å². The van der Waals surface area contributed by atoms with Gasteiger partial charge in [-0.1, -0.05) is 47.8 Å². The molecule has 1 aliphatic rings. The van der Waals surface area contributed by atoms with E-state index in [9.17, 15) is 14.7 Å². The van der Waals surface area contributed by atoms with Crippen LogP contribution in [0.1, 0.15) is 13.8 Å². The first-order chi connectivity index (χ1) is 16.4. The quantitative estimate of drug-likeness (QED) is 0.234. The Kier molecular flexibility index (Phi) is 6.28. The molecule has 0 spiro atoms. The second-order valence-electron chi connectivity index (χ2n) is 7.63. The molecule has 4 aromatic rings. The second-order valence-corrected chi connectivity index (χ2v) is 12.2. The summed E-state index contributed by atoms with van der Waals surface area (Å²) in [6.45, 7) is 3.43. The monoisotopic (exact) mass is 530 g/mol. The van der Waals surface area contributed by atoms with Crippen LogP contribution in [0.15, 0.2) is 67.9 Å². The molecular formula is C23H18N2O5S4. The zero-order valence-electron chi connectivity index (χ0n) is 18.0. The minimum absolute atomic E-state index is 0.00139. The Morgan fingerprint density at radius 2 is 1.65 bits per heavy atom. The Morgan fingerprint density at radius 1 is 1.06 bits per heavy atom. The Hall–Kier alpha value is -2.60. The number of carbonyl (C=O) groups is 2. The summed E-state index contributed by atoms with van der Waals surface area (Å²) in [5.74, 6) is -2.30. The van der Waals surface area contributed by atoms with Gasteiger partial charge in [-0.05, 0) is 38.1 Å². The maximum atomic E-state index is 13.3. The molecule has 2 aromatic carbocycles. The van der Waals surface area contributed by atoms with Crippen molar-refractivity contribution in [2.75, 3.05) is 5.75 Å². The molecule has 0 bridgehead atoms. The molecule has 1 atom stereocenters. The van der Waals surface area contributed by atoms with E-state index in [1.807, 2.05) is 48.5 Å². The number of aliphatic hydroxyl groups excluding tert-OH is 1. The van der Waals surface area contributed by atoms with E-state index >= 15 is 0 Å². The number of hydrogen-bond acceptors (Lipinski definition) is 11. The largest absolute Gasteiger partial charge is 0.501 e. The first-order valence-electron chi connectivity index (χ1n) is 10.3. The van der Waals surface area contributed by atoms with Gasteiger partial charge in [0.2, 0.25) is 5.76 Å². The lowest BCUT2D eigenvalue weighted by Crippen LogP contribution is -2.45. The van der Waals surface area contributed by atoms with Crippen LogP contribution in [0.4, 0.5) is 0 Å². The highest BCUT2D eigenvalue weighted by Crippen LogP contribution is 2.48. The van der Waals surface area contributed by atoms with Gasteiger partial charge >= 0.3 is 11.9 Å². The van der Waals surface area contributed by atoms with Crippen molar-refractivity contribution >= 4 is 78.6 Å². The number of hydrogen-bond donors (Lipinski definition) is 1. The maximum absolute atomic E-state index is 13.3. The number of esters is 2. The molecule has 0 saturated heterocycles. The number of para-hydroxylation sites is 2. The van der Waals surface area contributed by atoms with Gasteiger partial charge in [-0.25, -0.2) is 19.6 Å². The van der Waals surface area contributed by atoms with Crippen molar-refractivity contribution in [2.45, 2.75) is 34.2 Å². The second kappa shape index (κ2) is 9.21. The number of cyclic esters (lactones) is 1. The summed E-state index contributed by atoms with van der Waals surface area (Å²) in [6.07, 6.45) is -0.438. The number of rotatable bonds is 7. The van der Waals surface area contributed by atoms with Gasteiger partial charge in [0, 0.05) is 0 Å². The molecule has 1 N–H and O–H groups in total. The molecule has 1 unspecified atom stereocenters. The SMILES string of the molecule is CC(C)OC(=O)C1(CSc2nc3ccccc3s2)OC(=O)C(O)=C1Sc1nc2ccccc2s1. The number of carbonyl (C=O) groups excluding carboxylic acids is 2. The van der Waals surface area contributed by atoms with E-state index in [1.54, 1.807) is 13.8 Å². The molecule has 0 saturated carbocycles. The van der Waals surface area contributed by atoms with Crippen molar-refractivity contribution in [3.8, 4) is 0 Å². The lowest BCUT2D eigenvalue weighted by atomic mass is 10.1. The van der Waals surface area contributed by atoms with Crippen molar-refractivity contribution in [2.24, 2.45) is 0 Å². The standard InChI is InChI=1S/C23H18N2O5S4/c1-12(2)29-20(28)23(11-31-21-24-13-7-3-5-9-15(13)32-21)18(17(26)19(27)30-23)34-22-25-14-8-4-6-10-16(14)33-22/h3-10,12,26H,11H2,1-2H3. The summed E-state index contributed by atoms with van der Waals surface area (Å²) in [7, 11) is 0. The zero-order valence-corrected chi connectivity index (χ0v) is 21.3. The predicted molar refractivity (Wildman–Crippen MR) is 136 cm³/mol. The summed E-state index contributed by atoms with van der Waals surface area (Å²) in [4.78, 5) is 35.1. The molecule has 174 valence electrons. The van der Waals surface area contributed by atoms with Crippen LogP contribution in [0.3, 0.4) is 0 Å². The smallest absolute Gasteiger partial charge is 0.375 e. The van der Waals surface area contributed by atoms with Crippen LogP contribution in [-0.4, -0.2) is 44.5 Å². The predicted octanol–water partition coefficient (Wildman–Crippen LogP) is 5.81. The van der Waals surface area contributed by atoms with E-state index in [0.29, 0.717) is 8.68 Å². The van der Waals surface area contributed by atoms with Crippen LogP contribution in [0.2, 0.25) is 0 Å². The number of aliphatic hydroxyl groups is 1. The van der Waals surface area contributed by atoms with Crippen molar-refractivity contribution < 1.29 is 24.2 Å². The van der Waals surface area contributed by atoms with Crippen LogP contribution in [0, 0.1) is 0 Å². The number of benzene rings is 2. The fraction of sp³-hybridized carbons (Fsp3) is 0.217. The molecular weight excluding hydrogens is 513 g/mol. The van der Waals surface area contributed by atoms with Crippen LogP contribution >= 0.6 is 46.2 Å². The van der Waals surface area contributed by atoms with E-state index in [0.717, 1.165) is 32.2 Å². The highest BCUT2D eigenvalue weighted by Gasteiger charge is 2.56. The van der Waals surface area contributed by atoms with Gasteiger partial charge in [-0.2, -0.15) is 0 Å². The molecule has 7 nitrogen and oxygen atoms in total. The fourth-order valence-electron chi connectivity index (χ4n) is 3.32. The van der Waals surface area contributed by atoms with E-state index in [-0.39, 0.29) is 10.7 Å². The van der Waals surface area contributed by atoms with Crippen LogP contribution < -0.4 is 0 Å². The average Bonchev–Trinajstić information content (AvgIpc) is 3.48. The topological polar surface area (TPSA) is 98.6 Å². The Labute approximate surface area is 211 Å². The maximum Gasteiger partial charge on any atom is 0.375 e. The third-order valence-corrected chi connectivity index (χ3v) is 9.50. The van der Waals surface area contributed by atoms with Crippen LogP contribution in [0.25, 0.3) is 20.4 Å². The Bertz CT molecular complexity index is 1380. The summed E-state index contributed by atoms with van der Waals surface area (Å²) < 4.78 is 14.3. The molecule has 0 aliphatic carbocycles. The molecule has 0 fully saturated rings. The van der Waals surface area contributed by atoms with Crippen molar-refractivity contribution in [3.05, 3.63) is 59.2 Å². The Morgan fingerprint density at radius 3 is 2.26 bits per heavy atom. The van der Waals surface area contributed by atoms with Crippen LogP contribution in [-0.2, 0) is 19.1 Å². The van der Waals surface area contributed by atoms with Gasteiger partial charge in [-0.3, -0.25) is 0 Å². The number of thioether (sulfide) groups is 2. The molecule has 1 aliphatic heterocycles. The van der Waals surface area contributed by atoms with Gasteiger partial charge in [-0.15, -0.1) is 22.7 Å². The molecule has 34 heavy (non-hydrogen) atoms. The summed E-state index contributed by atoms with van der Waals surface area (Å²) in [5, 5.41) is 10.7. The van der Waals surface area contributed by atoms with Gasteiger partial charge in [0.25, 0.3) is 5.60 Å². The molecule has 3 heterocycles. The van der Waals surface area contributed by atoms with Crippen LogP contribution in [0.5, 0.6) is 0 Å². The number of fused-ring (bicyclic) bond motifs is 2. The number of nitrogens with zero attached hydrogens (tertiary/aromatic N) is 2. The first kappa shape index (κ1) is 23.2. The zero-order chi connectivity index (χ0) is 23.9. The molecule has 0 amide bonds. The van der Waals surface area contributed by atoms with E-state index in [4.69, 9.17) is 9.47 Å². The number of aromatic nitrogens is 2. The fourth-order valence-corrected chi connectivity index (χ4v) is 7.85. The van der Waals surface area contributed by atoms with E-state index in [2.05, 4.69) is 9.97 Å². The van der Waals surface area contributed by atoms with E-state index in [1.165, 1.54) is 34.4 Å². The summed E-state index contributed by atoms with van der Waals surface area (Å²) >= 11 is 5.21. The lowest BCUT2D eigenvalue weighted by molar-refractivity contribution is -0.173. The third-order valence-electron chi connectivity index (χ3n) is 4.85.